The smallest absolute Gasteiger partial charge is 0.253 e. The van der Waals surface area contributed by atoms with E-state index >= 15 is 0 Å². The van der Waals surface area contributed by atoms with Crippen LogP contribution in [0.25, 0.3) is 0 Å². The van der Waals surface area contributed by atoms with Gasteiger partial charge in [-0.05, 0) is 50.3 Å². The molecule has 0 bridgehead atoms. The van der Waals surface area contributed by atoms with E-state index in [1.54, 1.807) is 17.0 Å². The molecule has 1 saturated heterocycles. The molecule has 1 aromatic rings. The molecular weight excluding hydrogens is 352 g/mol. The van der Waals surface area contributed by atoms with Crippen LogP contribution in [0.1, 0.15) is 55.3 Å². The Morgan fingerprint density at radius 1 is 1.15 bits per heavy atom. The first-order chi connectivity index (χ1) is 12.6. The predicted octanol–water partition coefficient (Wildman–Crippen LogP) is 2.55. The SMILES string of the molecule is O=C(c1cccc(S(=O)(=O)NCCCOC2CCCC2)c1)N1CCCC1. The summed E-state index contributed by atoms with van der Waals surface area (Å²) in [5.74, 6) is -0.0930. The number of sulfonamides is 1. The molecule has 2 fully saturated rings. The summed E-state index contributed by atoms with van der Waals surface area (Å²) in [5.41, 5.74) is 0.430. The van der Waals surface area contributed by atoms with E-state index in [0.29, 0.717) is 31.2 Å². The highest BCUT2D eigenvalue weighted by Gasteiger charge is 2.22. The molecule has 6 nitrogen and oxygen atoms in total. The van der Waals surface area contributed by atoms with Crippen LogP contribution in [0.5, 0.6) is 0 Å². The first-order valence-corrected chi connectivity index (χ1v) is 11.1. The minimum Gasteiger partial charge on any atom is -0.378 e. The van der Waals surface area contributed by atoms with E-state index in [1.807, 2.05) is 0 Å². The number of amides is 1. The van der Waals surface area contributed by atoms with Crippen molar-refractivity contribution in [2.24, 2.45) is 0 Å². The fraction of sp³-hybridized carbons (Fsp3) is 0.632. The number of carbonyl (C=O) groups is 1. The van der Waals surface area contributed by atoms with Crippen molar-refractivity contribution >= 4 is 15.9 Å². The maximum atomic E-state index is 12.5. The van der Waals surface area contributed by atoms with Crippen LogP contribution in [0.2, 0.25) is 0 Å². The minimum absolute atomic E-state index is 0.0930. The third-order valence-corrected chi connectivity index (χ3v) is 6.51. The Balaban J connectivity index is 1.51. The molecule has 7 heteroatoms. The Labute approximate surface area is 156 Å². The van der Waals surface area contributed by atoms with Gasteiger partial charge in [0.15, 0.2) is 0 Å². The second kappa shape index (κ2) is 8.97. The number of carbonyl (C=O) groups excluding carboxylic acids is 1. The number of nitrogens with zero attached hydrogens (tertiary/aromatic N) is 1. The van der Waals surface area contributed by atoms with Gasteiger partial charge in [0, 0.05) is 31.8 Å². The Morgan fingerprint density at radius 2 is 1.88 bits per heavy atom. The van der Waals surface area contributed by atoms with Gasteiger partial charge in [-0.3, -0.25) is 4.79 Å². The number of rotatable bonds is 8. The first kappa shape index (κ1) is 19.3. The van der Waals surface area contributed by atoms with Crippen molar-refractivity contribution in [3.63, 3.8) is 0 Å². The molecule has 0 unspecified atom stereocenters. The molecule has 26 heavy (non-hydrogen) atoms. The van der Waals surface area contributed by atoms with Crippen molar-refractivity contribution in [2.45, 2.75) is 55.9 Å². The lowest BCUT2D eigenvalue weighted by Gasteiger charge is -2.16. The van der Waals surface area contributed by atoms with Gasteiger partial charge in [0.1, 0.15) is 0 Å². The van der Waals surface area contributed by atoms with Crippen LogP contribution >= 0.6 is 0 Å². The summed E-state index contributed by atoms with van der Waals surface area (Å²) >= 11 is 0. The molecule has 0 aromatic heterocycles. The fourth-order valence-corrected chi connectivity index (χ4v) is 4.69. The summed E-state index contributed by atoms with van der Waals surface area (Å²) < 4.78 is 33.3. The van der Waals surface area contributed by atoms with Crippen LogP contribution in [0, 0.1) is 0 Å². The van der Waals surface area contributed by atoms with E-state index in [4.69, 9.17) is 4.74 Å². The zero-order valence-corrected chi connectivity index (χ0v) is 16.0. The maximum absolute atomic E-state index is 12.5. The molecule has 2 aliphatic rings. The molecule has 0 radical (unpaired) electrons. The molecule has 1 aliphatic carbocycles. The van der Waals surface area contributed by atoms with Crippen molar-refractivity contribution in [1.29, 1.82) is 0 Å². The second-order valence-electron chi connectivity index (χ2n) is 7.06. The van der Waals surface area contributed by atoms with E-state index in [0.717, 1.165) is 38.8 Å². The van der Waals surface area contributed by atoms with Crippen molar-refractivity contribution in [3.8, 4) is 0 Å². The minimum atomic E-state index is -3.62. The standard InChI is InChI=1S/C19H28N2O4S/c22-19(21-12-3-4-13-21)16-7-5-10-18(15-16)26(23,24)20-11-6-14-25-17-8-1-2-9-17/h5,7,10,15,17,20H,1-4,6,8-9,11-14H2. The van der Waals surface area contributed by atoms with Crippen LogP contribution in [0.4, 0.5) is 0 Å². The Bertz CT molecular complexity index is 708. The fourth-order valence-electron chi connectivity index (χ4n) is 3.57. The first-order valence-electron chi connectivity index (χ1n) is 9.57. The lowest BCUT2D eigenvalue weighted by atomic mass is 10.2. The van der Waals surface area contributed by atoms with Crippen molar-refractivity contribution in [1.82, 2.24) is 9.62 Å². The van der Waals surface area contributed by atoms with Crippen molar-refractivity contribution in [3.05, 3.63) is 29.8 Å². The molecule has 1 N–H and O–H groups in total. The normalized spacial score (nSPS) is 18.5. The summed E-state index contributed by atoms with van der Waals surface area (Å²) in [5, 5.41) is 0. The molecular formula is C19H28N2O4S. The summed E-state index contributed by atoms with van der Waals surface area (Å²) in [6.07, 6.45) is 7.69. The summed E-state index contributed by atoms with van der Waals surface area (Å²) in [7, 11) is -3.62. The van der Waals surface area contributed by atoms with Gasteiger partial charge in [-0.1, -0.05) is 18.9 Å². The third-order valence-electron chi connectivity index (χ3n) is 5.05. The zero-order valence-electron chi connectivity index (χ0n) is 15.2. The van der Waals surface area contributed by atoms with E-state index in [-0.39, 0.29) is 10.8 Å². The summed E-state index contributed by atoms with van der Waals surface area (Å²) in [4.78, 5) is 14.4. The number of hydrogen-bond acceptors (Lipinski definition) is 4. The maximum Gasteiger partial charge on any atom is 0.253 e. The number of likely N-dealkylation sites (tertiary alicyclic amines) is 1. The van der Waals surface area contributed by atoms with Gasteiger partial charge in [-0.25, -0.2) is 13.1 Å². The number of ether oxygens (including phenoxy) is 1. The predicted molar refractivity (Wildman–Crippen MR) is 99.6 cm³/mol. The highest BCUT2D eigenvalue weighted by molar-refractivity contribution is 7.89. The van der Waals surface area contributed by atoms with Crippen LogP contribution in [-0.4, -0.2) is 51.6 Å². The highest BCUT2D eigenvalue weighted by atomic mass is 32.2. The van der Waals surface area contributed by atoms with Gasteiger partial charge in [0.05, 0.1) is 11.0 Å². The Morgan fingerprint density at radius 3 is 2.62 bits per heavy atom. The average molecular weight is 381 g/mol. The second-order valence-corrected chi connectivity index (χ2v) is 8.82. The largest absolute Gasteiger partial charge is 0.378 e. The van der Waals surface area contributed by atoms with Crippen LogP contribution in [0.3, 0.4) is 0 Å². The number of hydrogen-bond donors (Lipinski definition) is 1. The van der Waals surface area contributed by atoms with Crippen LogP contribution < -0.4 is 4.72 Å². The molecule has 1 heterocycles. The van der Waals surface area contributed by atoms with Gasteiger partial charge in [-0.15, -0.1) is 0 Å². The monoisotopic (exact) mass is 380 g/mol. The van der Waals surface area contributed by atoms with Crippen LogP contribution in [-0.2, 0) is 14.8 Å². The topological polar surface area (TPSA) is 75.7 Å². The lowest BCUT2D eigenvalue weighted by Crippen LogP contribution is -2.29. The average Bonchev–Trinajstić information content (AvgIpc) is 3.35. The molecule has 0 spiro atoms. The van der Waals surface area contributed by atoms with Crippen LogP contribution in [0.15, 0.2) is 29.2 Å². The summed E-state index contributed by atoms with van der Waals surface area (Å²) in [6.45, 7) is 2.39. The number of nitrogens with one attached hydrogen (secondary N) is 1. The van der Waals surface area contributed by atoms with E-state index in [1.165, 1.54) is 25.0 Å². The van der Waals surface area contributed by atoms with E-state index in [2.05, 4.69) is 4.72 Å². The van der Waals surface area contributed by atoms with Crippen molar-refractivity contribution in [2.75, 3.05) is 26.2 Å². The molecule has 1 aliphatic heterocycles. The van der Waals surface area contributed by atoms with Gasteiger partial charge in [-0.2, -0.15) is 0 Å². The lowest BCUT2D eigenvalue weighted by molar-refractivity contribution is 0.0575. The van der Waals surface area contributed by atoms with E-state index < -0.39 is 10.0 Å². The quantitative estimate of drug-likeness (QED) is 0.703. The Hall–Kier alpha value is -1.44. The van der Waals surface area contributed by atoms with Gasteiger partial charge >= 0.3 is 0 Å². The van der Waals surface area contributed by atoms with Gasteiger partial charge < -0.3 is 9.64 Å². The van der Waals surface area contributed by atoms with E-state index in [9.17, 15) is 13.2 Å². The Kier molecular flexibility index (Phi) is 6.67. The summed E-state index contributed by atoms with van der Waals surface area (Å²) in [6, 6.07) is 6.30. The van der Waals surface area contributed by atoms with Gasteiger partial charge in [0.25, 0.3) is 5.91 Å². The number of benzene rings is 1. The highest BCUT2D eigenvalue weighted by Crippen LogP contribution is 2.21. The zero-order chi connectivity index (χ0) is 18.4. The van der Waals surface area contributed by atoms with Crippen molar-refractivity contribution < 1.29 is 17.9 Å². The molecule has 1 saturated carbocycles. The molecule has 0 atom stereocenters. The molecule has 3 rings (SSSR count). The third kappa shape index (κ3) is 5.05. The van der Waals surface area contributed by atoms with Gasteiger partial charge in [0.2, 0.25) is 10.0 Å². The molecule has 1 amide bonds. The molecule has 144 valence electrons. The molecule has 1 aromatic carbocycles.